The van der Waals surface area contributed by atoms with Crippen molar-refractivity contribution in [3.63, 3.8) is 0 Å². The van der Waals surface area contributed by atoms with E-state index in [4.69, 9.17) is 19.9 Å². The van der Waals surface area contributed by atoms with Gasteiger partial charge in [-0.3, -0.25) is 9.59 Å². The summed E-state index contributed by atoms with van der Waals surface area (Å²) in [6.07, 6.45) is -5.42. The van der Waals surface area contributed by atoms with Crippen molar-refractivity contribution < 1.29 is 54.1 Å². The number of carbonyl (C=O) groups is 3. The van der Waals surface area contributed by atoms with E-state index in [-0.39, 0.29) is 34.4 Å². The average molecular weight is 529 g/mol. The van der Waals surface area contributed by atoms with E-state index in [0.717, 1.165) is 0 Å². The van der Waals surface area contributed by atoms with E-state index in [1.807, 2.05) is 0 Å². The fourth-order valence-electron chi connectivity index (χ4n) is 5.55. The standard InChI is InChI=1S/C26H27NO11/c1-9-20(28)12(27)6-15(37-9)38-14-8-26(35,25(33)34)7-11-17(14)24(32)19-18(22(11)30)21(29)10-4-3-5-13(36-2)16(10)23(19)31/h3-5,9,12,14-15,20,28,30,32,35H,6-8,27H2,1-2H3,(H,33,34)/t9?,12?,14-,15?,20?,26-/m0/s1. The van der Waals surface area contributed by atoms with Gasteiger partial charge in [0.15, 0.2) is 17.7 Å². The number of carboxylic acids is 1. The third-order valence-corrected chi connectivity index (χ3v) is 7.54. The molecule has 0 radical (unpaired) electrons. The van der Waals surface area contributed by atoms with Crippen LogP contribution in [0.15, 0.2) is 18.2 Å². The first-order chi connectivity index (χ1) is 17.9. The molecule has 38 heavy (non-hydrogen) atoms. The molecule has 0 amide bonds. The van der Waals surface area contributed by atoms with Crippen molar-refractivity contribution in [2.24, 2.45) is 5.73 Å². The summed E-state index contributed by atoms with van der Waals surface area (Å²) in [5.41, 5.74) is 1.98. The number of ether oxygens (including phenoxy) is 3. The molecule has 0 bridgehead atoms. The number of ketones is 2. The van der Waals surface area contributed by atoms with Gasteiger partial charge in [0, 0.05) is 42.0 Å². The minimum absolute atomic E-state index is 0.00250. The molecule has 2 aromatic carbocycles. The molecule has 1 heterocycles. The lowest BCUT2D eigenvalue weighted by Gasteiger charge is -2.41. The summed E-state index contributed by atoms with van der Waals surface area (Å²) in [5, 5.41) is 53.5. The molecule has 1 aliphatic heterocycles. The Morgan fingerprint density at radius 1 is 1.13 bits per heavy atom. The molecule has 4 unspecified atom stereocenters. The number of phenolic OH excluding ortho intramolecular Hbond substituents is 2. The number of benzene rings is 2. The molecule has 12 nitrogen and oxygen atoms in total. The van der Waals surface area contributed by atoms with Crippen LogP contribution in [0.1, 0.15) is 68.8 Å². The van der Waals surface area contributed by atoms with Crippen molar-refractivity contribution >= 4 is 17.5 Å². The van der Waals surface area contributed by atoms with E-state index in [9.17, 15) is 39.9 Å². The second kappa shape index (κ2) is 9.03. The molecule has 2 aromatic rings. The zero-order valence-corrected chi connectivity index (χ0v) is 20.5. The lowest BCUT2D eigenvalue weighted by atomic mass is 9.73. The number of aromatic hydroxyl groups is 2. The SMILES string of the molecule is COc1cccc2c1C(=O)c1c(O)c3c(c(O)c1C2=O)C[C@@](O)(C(=O)O)C[C@@H]3OC1CC(N)C(O)C(C)O1. The second-order valence-corrected chi connectivity index (χ2v) is 9.88. The van der Waals surface area contributed by atoms with E-state index >= 15 is 0 Å². The Bertz CT molecular complexity index is 1360. The Kier molecular flexibility index (Phi) is 6.20. The van der Waals surface area contributed by atoms with Crippen LogP contribution in [0.3, 0.4) is 0 Å². The average Bonchev–Trinajstić information content (AvgIpc) is 2.87. The minimum Gasteiger partial charge on any atom is -0.507 e. The first-order valence-electron chi connectivity index (χ1n) is 12.0. The van der Waals surface area contributed by atoms with Crippen LogP contribution in [-0.2, 0) is 20.7 Å². The highest BCUT2D eigenvalue weighted by molar-refractivity contribution is 6.31. The smallest absolute Gasteiger partial charge is 0.336 e. The van der Waals surface area contributed by atoms with Crippen LogP contribution in [0.2, 0.25) is 0 Å². The lowest BCUT2D eigenvalue weighted by Crippen LogP contribution is -2.52. The molecule has 1 fully saturated rings. The quantitative estimate of drug-likeness (QED) is 0.256. The monoisotopic (exact) mass is 529 g/mol. The summed E-state index contributed by atoms with van der Waals surface area (Å²) in [7, 11) is 1.32. The Hall–Kier alpha value is -3.55. The van der Waals surface area contributed by atoms with Crippen molar-refractivity contribution in [3.05, 3.63) is 51.6 Å². The van der Waals surface area contributed by atoms with Gasteiger partial charge < -0.3 is 45.5 Å². The molecule has 7 N–H and O–H groups in total. The zero-order valence-electron chi connectivity index (χ0n) is 20.5. The van der Waals surface area contributed by atoms with Crippen LogP contribution in [0, 0.1) is 0 Å². The van der Waals surface area contributed by atoms with Gasteiger partial charge in [-0.05, 0) is 13.0 Å². The number of phenols is 2. The molecule has 0 spiro atoms. The highest BCUT2D eigenvalue weighted by Crippen LogP contribution is 2.52. The Morgan fingerprint density at radius 3 is 2.45 bits per heavy atom. The minimum atomic E-state index is -2.44. The predicted octanol–water partition coefficient (Wildman–Crippen LogP) is 0.524. The van der Waals surface area contributed by atoms with E-state index in [2.05, 4.69) is 0 Å². The number of aliphatic hydroxyl groups is 2. The van der Waals surface area contributed by atoms with Crippen molar-refractivity contribution in [1.29, 1.82) is 0 Å². The number of aliphatic hydroxyl groups excluding tert-OH is 1. The summed E-state index contributed by atoms with van der Waals surface area (Å²) in [5.74, 6) is -4.52. The normalized spacial score (nSPS) is 30.3. The van der Waals surface area contributed by atoms with Crippen LogP contribution in [0.25, 0.3) is 0 Å². The van der Waals surface area contributed by atoms with Crippen LogP contribution >= 0.6 is 0 Å². The van der Waals surface area contributed by atoms with Gasteiger partial charge in [0.1, 0.15) is 17.2 Å². The topological polar surface area (TPSA) is 206 Å². The van der Waals surface area contributed by atoms with Gasteiger partial charge in [0.05, 0.1) is 42.1 Å². The van der Waals surface area contributed by atoms with Gasteiger partial charge in [-0.15, -0.1) is 0 Å². The maximum Gasteiger partial charge on any atom is 0.336 e. The van der Waals surface area contributed by atoms with Crippen molar-refractivity contribution in [3.8, 4) is 17.2 Å². The third kappa shape index (κ3) is 3.76. The van der Waals surface area contributed by atoms with Crippen LogP contribution in [0.4, 0.5) is 0 Å². The Morgan fingerprint density at radius 2 is 1.82 bits per heavy atom. The Balaban J connectivity index is 1.68. The summed E-state index contributed by atoms with van der Waals surface area (Å²) in [6.45, 7) is 1.57. The first-order valence-corrected chi connectivity index (χ1v) is 12.0. The first kappa shape index (κ1) is 26.1. The van der Waals surface area contributed by atoms with Gasteiger partial charge >= 0.3 is 5.97 Å². The molecule has 5 rings (SSSR count). The lowest BCUT2D eigenvalue weighted by molar-refractivity contribution is -0.248. The van der Waals surface area contributed by atoms with Crippen molar-refractivity contribution in [2.75, 3.05) is 7.11 Å². The number of rotatable bonds is 4. The molecule has 202 valence electrons. The zero-order chi connectivity index (χ0) is 27.7. The van der Waals surface area contributed by atoms with E-state index in [1.165, 1.54) is 25.3 Å². The molecular formula is C26H27NO11. The Labute approximate surface area is 216 Å². The van der Waals surface area contributed by atoms with Crippen LogP contribution in [-0.4, -0.2) is 80.3 Å². The molecule has 0 aromatic heterocycles. The van der Waals surface area contributed by atoms with Gasteiger partial charge in [-0.1, -0.05) is 12.1 Å². The van der Waals surface area contributed by atoms with Crippen LogP contribution < -0.4 is 10.5 Å². The highest BCUT2D eigenvalue weighted by Gasteiger charge is 2.50. The molecule has 6 atom stereocenters. The van der Waals surface area contributed by atoms with Gasteiger partial charge in [0.2, 0.25) is 5.78 Å². The molecule has 12 heteroatoms. The highest BCUT2D eigenvalue weighted by atomic mass is 16.7. The predicted molar refractivity (Wildman–Crippen MR) is 127 cm³/mol. The summed E-state index contributed by atoms with van der Waals surface area (Å²) in [4.78, 5) is 39.1. The van der Waals surface area contributed by atoms with Crippen LogP contribution in [0.5, 0.6) is 17.2 Å². The number of hydrogen-bond donors (Lipinski definition) is 6. The molecule has 2 aliphatic carbocycles. The number of hydrogen-bond acceptors (Lipinski definition) is 11. The molecule has 1 saturated heterocycles. The number of carboxylic acid groups (broad SMARTS) is 1. The summed E-state index contributed by atoms with van der Waals surface area (Å²) in [6, 6.07) is 3.60. The van der Waals surface area contributed by atoms with Crippen molar-refractivity contribution in [2.45, 2.75) is 62.4 Å². The number of nitrogens with two attached hydrogens (primary N) is 1. The maximum atomic E-state index is 13.6. The molecular weight excluding hydrogens is 502 g/mol. The fraction of sp³-hybridized carbons (Fsp3) is 0.423. The fourth-order valence-corrected chi connectivity index (χ4v) is 5.55. The largest absolute Gasteiger partial charge is 0.507 e. The number of methoxy groups -OCH3 is 1. The second-order valence-electron chi connectivity index (χ2n) is 9.88. The third-order valence-electron chi connectivity index (χ3n) is 7.54. The number of carbonyl (C=O) groups excluding carboxylic acids is 2. The van der Waals surface area contributed by atoms with E-state index in [1.54, 1.807) is 6.92 Å². The van der Waals surface area contributed by atoms with E-state index < -0.39 is 89.2 Å². The molecule has 3 aliphatic rings. The van der Waals surface area contributed by atoms with Crippen molar-refractivity contribution in [1.82, 2.24) is 0 Å². The maximum absolute atomic E-state index is 13.6. The van der Waals surface area contributed by atoms with Gasteiger partial charge in [-0.2, -0.15) is 0 Å². The number of aliphatic carboxylic acids is 1. The summed E-state index contributed by atoms with van der Waals surface area (Å²) < 4.78 is 16.9. The van der Waals surface area contributed by atoms with E-state index in [0.29, 0.717) is 0 Å². The molecule has 0 saturated carbocycles. The number of fused-ring (bicyclic) bond motifs is 3. The summed E-state index contributed by atoms with van der Waals surface area (Å²) >= 11 is 0. The van der Waals surface area contributed by atoms with Gasteiger partial charge in [0.25, 0.3) is 0 Å². The van der Waals surface area contributed by atoms with Gasteiger partial charge in [-0.25, -0.2) is 4.79 Å².